The first-order valence-corrected chi connectivity index (χ1v) is 5.85. The first kappa shape index (κ1) is 14.3. The van der Waals surface area contributed by atoms with Crippen LogP contribution in [0.2, 0.25) is 0 Å². The number of hydrogen-bond acceptors (Lipinski definition) is 4. The maximum Gasteiger partial charge on any atom is 0.293 e. The zero-order valence-electron chi connectivity index (χ0n) is 10.3. The molecule has 1 atom stereocenters. The fraction of sp³-hybridized carbons (Fsp3) is 0.909. The number of carbonyl (C=O) groups is 1. The Hall–Kier alpha value is -0.750. The van der Waals surface area contributed by atoms with Gasteiger partial charge in [0.15, 0.2) is 0 Å². The lowest BCUT2D eigenvalue weighted by atomic mass is 10.1. The first-order valence-electron chi connectivity index (χ1n) is 5.85. The first-order chi connectivity index (χ1) is 7.94. The van der Waals surface area contributed by atoms with Crippen LogP contribution in [0.3, 0.4) is 0 Å². The monoisotopic (exact) mass is 250 g/mol. The van der Waals surface area contributed by atoms with Gasteiger partial charge in [0, 0.05) is 31.6 Å². The molecular formula is C11H20F2N2O2. The molecule has 1 N–H and O–H groups in total. The van der Waals surface area contributed by atoms with Gasteiger partial charge in [0.05, 0.1) is 6.54 Å². The Kier molecular flexibility index (Phi) is 5.27. The summed E-state index contributed by atoms with van der Waals surface area (Å²) < 4.78 is 30.6. The van der Waals surface area contributed by atoms with E-state index in [1.165, 1.54) is 0 Å². The highest BCUT2D eigenvalue weighted by molar-refractivity contribution is 5.36. The van der Waals surface area contributed by atoms with Crippen molar-refractivity contribution in [3.05, 3.63) is 0 Å². The van der Waals surface area contributed by atoms with E-state index in [-0.39, 0.29) is 25.0 Å². The zero-order valence-corrected chi connectivity index (χ0v) is 10.3. The van der Waals surface area contributed by atoms with Crippen molar-refractivity contribution < 1.29 is 18.3 Å². The molecule has 1 fully saturated rings. The predicted octanol–water partition coefficient (Wildman–Crippen LogP) is 0.867. The van der Waals surface area contributed by atoms with E-state index < -0.39 is 5.92 Å². The normalized spacial score (nSPS) is 23.3. The molecule has 1 aliphatic rings. The average Bonchev–Trinajstić information content (AvgIpc) is 2.57. The Labute approximate surface area is 100 Å². The minimum Gasteiger partial charge on any atom is -0.467 e. The Morgan fingerprint density at radius 1 is 1.59 bits per heavy atom. The quantitative estimate of drug-likeness (QED) is 0.537. The van der Waals surface area contributed by atoms with E-state index in [1.54, 1.807) is 0 Å². The summed E-state index contributed by atoms with van der Waals surface area (Å²) in [6, 6.07) is 0.0462. The Bertz CT molecular complexity index is 250. The van der Waals surface area contributed by atoms with Crippen molar-refractivity contribution in [2.75, 3.05) is 26.2 Å². The van der Waals surface area contributed by atoms with Crippen LogP contribution in [0.15, 0.2) is 0 Å². The molecule has 0 spiro atoms. The van der Waals surface area contributed by atoms with E-state index in [4.69, 9.17) is 0 Å². The van der Waals surface area contributed by atoms with Crippen molar-refractivity contribution in [1.82, 2.24) is 10.2 Å². The van der Waals surface area contributed by atoms with Crippen LogP contribution in [0.4, 0.5) is 8.78 Å². The van der Waals surface area contributed by atoms with E-state index in [0.717, 1.165) is 0 Å². The van der Waals surface area contributed by atoms with Gasteiger partial charge in [0.2, 0.25) is 0 Å². The molecule has 1 heterocycles. The maximum absolute atomic E-state index is 13.0. The molecule has 0 saturated carbocycles. The van der Waals surface area contributed by atoms with Gasteiger partial charge in [-0.25, -0.2) is 8.78 Å². The standard InChI is InChI=1S/C11H20F2N2O2/c1-9(2)15(3-4-17-8-16)6-10-5-11(12,13)7-14-10/h8-10,14H,3-7H2,1-2H3. The molecule has 0 aromatic rings. The molecular weight excluding hydrogens is 230 g/mol. The van der Waals surface area contributed by atoms with E-state index in [2.05, 4.69) is 10.1 Å². The highest BCUT2D eigenvalue weighted by atomic mass is 19.3. The van der Waals surface area contributed by atoms with Crippen LogP contribution in [0.5, 0.6) is 0 Å². The van der Waals surface area contributed by atoms with Crippen molar-refractivity contribution in [1.29, 1.82) is 0 Å². The van der Waals surface area contributed by atoms with Crippen molar-refractivity contribution in [2.45, 2.75) is 38.3 Å². The summed E-state index contributed by atoms with van der Waals surface area (Å²) in [7, 11) is 0. The summed E-state index contributed by atoms with van der Waals surface area (Å²) in [4.78, 5) is 12.1. The van der Waals surface area contributed by atoms with Crippen molar-refractivity contribution in [2.24, 2.45) is 0 Å². The molecule has 0 bridgehead atoms. The molecule has 1 rings (SSSR count). The SMILES string of the molecule is CC(C)N(CCOC=O)CC1CC(F)(F)CN1. The lowest BCUT2D eigenvalue weighted by Gasteiger charge is -2.28. The number of hydrogen-bond donors (Lipinski definition) is 1. The molecule has 1 unspecified atom stereocenters. The summed E-state index contributed by atoms with van der Waals surface area (Å²) in [5, 5.41) is 2.82. The summed E-state index contributed by atoms with van der Waals surface area (Å²) in [6.45, 7) is 5.57. The topological polar surface area (TPSA) is 41.6 Å². The van der Waals surface area contributed by atoms with E-state index >= 15 is 0 Å². The summed E-state index contributed by atoms with van der Waals surface area (Å²) >= 11 is 0. The summed E-state index contributed by atoms with van der Waals surface area (Å²) in [5.74, 6) is -2.59. The molecule has 1 saturated heterocycles. The van der Waals surface area contributed by atoms with Crippen molar-refractivity contribution in [3.8, 4) is 0 Å². The number of rotatable bonds is 7. The van der Waals surface area contributed by atoms with Crippen LogP contribution >= 0.6 is 0 Å². The van der Waals surface area contributed by atoms with Gasteiger partial charge in [0.1, 0.15) is 6.61 Å². The fourth-order valence-corrected chi connectivity index (χ4v) is 1.99. The van der Waals surface area contributed by atoms with Gasteiger partial charge in [-0.2, -0.15) is 0 Å². The number of nitrogens with zero attached hydrogens (tertiary/aromatic N) is 1. The van der Waals surface area contributed by atoms with Crippen LogP contribution in [-0.2, 0) is 9.53 Å². The summed E-state index contributed by atoms with van der Waals surface area (Å²) in [5.41, 5.74) is 0. The van der Waals surface area contributed by atoms with Crippen molar-refractivity contribution >= 4 is 6.47 Å². The lowest BCUT2D eigenvalue weighted by molar-refractivity contribution is -0.129. The molecule has 1 aliphatic heterocycles. The van der Waals surface area contributed by atoms with Crippen LogP contribution in [0, 0.1) is 0 Å². The molecule has 0 radical (unpaired) electrons. The van der Waals surface area contributed by atoms with Gasteiger partial charge in [-0.1, -0.05) is 0 Å². The maximum atomic E-state index is 13.0. The largest absolute Gasteiger partial charge is 0.467 e. The van der Waals surface area contributed by atoms with Gasteiger partial charge < -0.3 is 10.1 Å². The molecule has 0 aromatic heterocycles. The van der Waals surface area contributed by atoms with E-state index in [9.17, 15) is 13.6 Å². The second kappa shape index (κ2) is 6.26. The third-order valence-electron chi connectivity index (χ3n) is 2.94. The summed E-state index contributed by atoms with van der Waals surface area (Å²) in [6.07, 6.45) is -0.120. The molecule has 0 aliphatic carbocycles. The predicted molar refractivity (Wildman–Crippen MR) is 60.1 cm³/mol. The smallest absolute Gasteiger partial charge is 0.293 e. The Balaban J connectivity index is 2.36. The van der Waals surface area contributed by atoms with E-state index in [0.29, 0.717) is 26.2 Å². The van der Waals surface area contributed by atoms with Gasteiger partial charge >= 0.3 is 0 Å². The van der Waals surface area contributed by atoms with Crippen LogP contribution in [0.25, 0.3) is 0 Å². The van der Waals surface area contributed by atoms with Gasteiger partial charge in [-0.3, -0.25) is 9.69 Å². The van der Waals surface area contributed by atoms with Crippen molar-refractivity contribution in [3.63, 3.8) is 0 Å². The zero-order chi connectivity index (χ0) is 12.9. The molecule has 0 aromatic carbocycles. The number of ether oxygens (including phenoxy) is 1. The molecule has 17 heavy (non-hydrogen) atoms. The van der Waals surface area contributed by atoms with Gasteiger partial charge in [-0.05, 0) is 13.8 Å². The third-order valence-corrected chi connectivity index (χ3v) is 2.94. The third kappa shape index (κ3) is 4.95. The minimum absolute atomic E-state index is 0.120. The number of carbonyl (C=O) groups excluding carboxylic acids is 1. The van der Waals surface area contributed by atoms with Crippen LogP contribution in [0.1, 0.15) is 20.3 Å². The fourth-order valence-electron chi connectivity index (χ4n) is 1.99. The molecule has 6 heteroatoms. The molecule has 0 amide bonds. The second-order valence-electron chi connectivity index (χ2n) is 4.69. The van der Waals surface area contributed by atoms with Gasteiger partial charge in [0.25, 0.3) is 12.4 Å². The average molecular weight is 250 g/mol. The highest BCUT2D eigenvalue weighted by Gasteiger charge is 2.39. The second-order valence-corrected chi connectivity index (χ2v) is 4.69. The molecule has 4 nitrogen and oxygen atoms in total. The van der Waals surface area contributed by atoms with Crippen LogP contribution in [-0.4, -0.2) is 55.6 Å². The Morgan fingerprint density at radius 2 is 2.29 bits per heavy atom. The van der Waals surface area contributed by atoms with E-state index in [1.807, 2.05) is 18.7 Å². The lowest BCUT2D eigenvalue weighted by Crippen LogP contribution is -2.42. The minimum atomic E-state index is -2.59. The number of halogens is 2. The van der Waals surface area contributed by atoms with Crippen LogP contribution < -0.4 is 5.32 Å². The van der Waals surface area contributed by atoms with Gasteiger partial charge in [-0.15, -0.1) is 0 Å². The highest BCUT2D eigenvalue weighted by Crippen LogP contribution is 2.25. The Morgan fingerprint density at radius 3 is 2.76 bits per heavy atom. The number of nitrogens with one attached hydrogen (secondary N) is 1. The molecule has 100 valence electrons. The number of alkyl halides is 2.